The summed E-state index contributed by atoms with van der Waals surface area (Å²) in [6.45, 7) is 1.18. The molecule has 0 aliphatic rings. The Morgan fingerprint density at radius 1 is 1.26 bits per heavy atom. The van der Waals surface area contributed by atoms with Crippen LogP contribution in [0.1, 0.15) is 22.6 Å². The normalized spacial score (nSPS) is 12.0. The van der Waals surface area contributed by atoms with Gasteiger partial charge in [-0.05, 0) is 18.1 Å². The van der Waals surface area contributed by atoms with E-state index in [0.29, 0.717) is 23.5 Å². The Labute approximate surface area is 153 Å². The van der Waals surface area contributed by atoms with Gasteiger partial charge in [-0.2, -0.15) is 18.2 Å². The molecule has 2 aromatic rings. The maximum Gasteiger partial charge on any atom is 0.433 e. The second kappa shape index (κ2) is 8.07. The first-order valence-electron chi connectivity index (χ1n) is 7.83. The van der Waals surface area contributed by atoms with Gasteiger partial charge in [-0.15, -0.1) is 0 Å². The lowest BCUT2D eigenvalue weighted by atomic mass is 10.00. The average molecular weight is 381 g/mol. The highest BCUT2D eigenvalue weighted by atomic mass is 19.4. The molecule has 0 radical (unpaired) electrons. The van der Waals surface area contributed by atoms with E-state index in [2.05, 4.69) is 9.97 Å². The van der Waals surface area contributed by atoms with Crippen molar-refractivity contribution in [2.45, 2.75) is 19.7 Å². The zero-order chi connectivity index (χ0) is 20.2. The number of halogens is 3. The van der Waals surface area contributed by atoms with Gasteiger partial charge in [0.25, 0.3) is 5.91 Å². The summed E-state index contributed by atoms with van der Waals surface area (Å²) < 4.78 is 44.0. The number of benzene rings is 1. The fourth-order valence-electron chi connectivity index (χ4n) is 2.30. The minimum atomic E-state index is -4.62. The molecule has 0 spiro atoms. The lowest BCUT2D eigenvalue weighted by Crippen LogP contribution is -2.23. The summed E-state index contributed by atoms with van der Waals surface area (Å²) in [5, 5.41) is 9.47. The van der Waals surface area contributed by atoms with Crippen LogP contribution in [-0.2, 0) is 17.6 Å². The molecular formula is C18H18F3N3O3. The molecule has 144 valence electrons. The number of hydrogen-bond acceptors (Lipinski definition) is 5. The van der Waals surface area contributed by atoms with Crippen LogP contribution < -0.4 is 4.74 Å². The second-order valence-corrected chi connectivity index (χ2v) is 5.82. The maximum absolute atomic E-state index is 12.9. The summed E-state index contributed by atoms with van der Waals surface area (Å²) in [5.41, 5.74) is -0.163. The standard InChI is InChI=1S/C18H18F3N3O3/c1-11-22-15(18(19,20)21)8-16(23-11)27-10-12-6-4-5-7-13(12)14(9-25)17(26)24(2)3/h4-9,25H,10H2,1-3H3/b14-9+. The number of rotatable bonds is 5. The molecule has 6 nitrogen and oxygen atoms in total. The second-order valence-electron chi connectivity index (χ2n) is 5.82. The summed E-state index contributed by atoms with van der Waals surface area (Å²) >= 11 is 0. The fourth-order valence-corrected chi connectivity index (χ4v) is 2.30. The van der Waals surface area contributed by atoms with Gasteiger partial charge in [-0.3, -0.25) is 4.79 Å². The number of ether oxygens (including phenoxy) is 1. The average Bonchev–Trinajstić information content (AvgIpc) is 2.60. The molecule has 1 N–H and O–H groups in total. The molecule has 0 unspecified atom stereocenters. The molecule has 0 saturated carbocycles. The number of nitrogens with zero attached hydrogens (tertiary/aromatic N) is 3. The lowest BCUT2D eigenvalue weighted by Gasteiger charge is -2.16. The summed E-state index contributed by atoms with van der Waals surface area (Å²) in [4.78, 5) is 20.7. The first-order valence-corrected chi connectivity index (χ1v) is 7.83. The highest BCUT2D eigenvalue weighted by Crippen LogP contribution is 2.30. The zero-order valence-electron chi connectivity index (χ0n) is 14.9. The van der Waals surface area contributed by atoms with Crippen LogP contribution in [0, 0.1) is 6.92 Å². The highest BCUT2D eigenvalue weighted by Gasteiger charge is 2.33. The Morgan fingerprint density at radius 2 is 1.93 bits per heavy atom. The summed E-state index contributed by atoms with van der Waals surface area (Å²) in [6.07, 6.45) is -3.92. The van der Waals surface area contributed by atoms with Crippen molar-refractivity contribution in [3.63, 3.8) is 0 Å². The molecule has 0 atom stereocenters. The van der Waals surface area contributed by atoms with E-state index in [1.165, 1.54) is 25.9 Å². The molecule has 1 amide bonds. The molecule has 1 heterocycles. The van der Waals surface area contributed by atoms with Gasteiger partial charge in [0, 0.05) is 20.2 Å². The minimum Gasteiger partial charge on any atom is -0.515 e. The van der Waals surface area contributed by atoms with E-state index in [1.807, 2.05) is 0 Å². The fraction of sp³-hybridized carbons (Fsp3) is 0.278. The predicted molar refractivity (Wildman–Crippen MR) is 91.8 cm³/mol. The third-order valence-electron chi connectivity index (χ3n) is 3.55. The number of aryl methyl sites for hydroxylation is 1. The Hall–Kier alpha value is -3.10. The number of aliphatic hydroxyl groups is 1. The van der Waals surface area contributed by atoms with Gasteiger partial charge in [0.15, 0.2) is 5.69 Å². The van der Waals surface area contributed by atoms with Gasteiger partial charge in [0.2, 0.25) is 5.88 Å². The van der Waals surface area contributed by atoms with E-state index in [4.69, 9.17) is 4.74 Å². The Morgan fingerprint density at radius 3 is 2.52 bits per heavy atom. The highest BCUT2D eigenvalue weighted by molar-refractivity contribution is 6.19. The number of carbonyl (C=O) groups is 1. The van der Waals surface area contributed by atoms with Crippen molar-refractivity contribution in [1.29, 1.82) is 0 Å². The largest absolute Gasteiger partial charge is 0.515 e. The molecule has 1 aromatic carbocycles. The molecule has 0 aliphatic carbocycles. The van der Waals surface area contributed by atoms with Crippen molar-refractivity contribution < 1.29 is 27.8 Å². The Balaban J connectivity index is 2.30. The monoisotopic (exact) mass is 381 g/mol. The smallest absolute Gasteiger partial charge is 0.433 e. The molecule has 0 saturated heterocycles. The van der Waals surface area contributed by atoms with E-state index in [1.54, 1.807) is 24.3 Å². The number of aromatic nitrogens is 2. The van der Waals surface area contributed by atoms with E-state index in [0.717, 1.165) is 0 Å². The van der Waals surface area contributed by atoms with Gasteiger partial charge in [0.1, 0.15) is 12.4 Å². The SMILES string of the molecule is Cc1nc(OCc2ccccc2/C(=C\O)C(=O)N(C)C)cc(C(F)(F)F)n1. The Kier molecular flexibility index (Phi) is 6.04. The summed E-state index contributed by atoms with van der Waals surface area (Å²) in [6, 6.07) is 7.31. The lowest BCUT2D eigenvalue weighted by molar-refractivity contribution is -0.141. The summed E-state index contributed by atoms with van der Waals surface area (Å²) in [7, 11) is 3.07. The van der Waals surface area contributed by atoms with Gasteiger partial charge < -0.3 is 14.7 Å². The zero-order valence-corrected chi connectivity index (χ0v) is 14.9. The summed E-state index contributed by atoms with van der Waals surface area (Å²) in [5.74, 6) is -0.743. The minimum absolute atomic E-state index is 0.0362. The predicted octanol–water partition coefficient (Wildman–Crippen LogP) is 3.37. The molecule has 2 rings (SSSR count). The van der Waals surface area contributed by atoms with Crippen molar-refractivity contribution in [1.82, 2.24) is 14.9 Å². The van der Waals surface area contributed by atoms with Gasteiger partial charge in [0.05, 0.1) is 11.8 Å². The number of hydrogen-bond donors (Lipinski definition) is 1. The van der Waals surface area contributed by atoms with E-state index in [-0.39, 0.29) is 23.9 Å². The van der Waals surface area contributed by atoms with Crippen LogP contribution in [-0.4, -0.2) is 40.0 Å². The van der Waals surface area contributed by atoms with Crippen molar-refractivity contribution >= 4 is 11.5 Å². The van der Waals surface area contributed by atoms with Crippen LogP contribution in [0.25, 0.3) is 5.57 Å². The van der Waals surface area contributed by atoms with Crippen LogP contribution in [0.3, 0.4) is 0 Å². The number of carbonyl (C=O) groups excluding carboxylic acids is 1. The van der Waals surface area contributed by atoms with Crippen LogP contribution in [0.15, 0.2) is 36.6 Å². The third kappa shape index (κ3) is 4.96. The molecular weight excluding hydrogens is 363 g/mol. The molecule has 0 fully saturated rings. The van der Waals surface area contributed by atoms with Crippen molar-refractivity contribution in [2.75, 3.05) is 14.1 Å². The molecule has 0 aliphatic heterocycles. The Bertz CT molecular complexity index is 864. The van der Waals surface area contributed by atoms with Crippen LogP contribution in [0.5, 0.6) is 5.88 Å². The van der Waals surface area contributed by atoms with Crippen molar-refractivity contribution in [2.24, 2.45) is 0 Å². The van der Waals surface area contributed by atoms with Gasteiger partial charge in [-0.25, -0.2) is 4.98 Å². The van der Waals surface area contributed by atoms with Crippen LogP contribution in [0.2, 0.25) is 0 Å². The molecule has 0 bridgehead atoms. The van der Waals surface area contributed by atoms with Crippen molar-refractivity contribution in [3.8, 4) is 5.88 Å². The number of aliphatic hydroxyl groups excluding tert-OH is 1. The number of alkyl halides is 3. The van der Waals surface area contributed by atoms with Crippen LogP contribution in [0.4, 0.5) is 13.2 Å². The van der Waals surface area contributed by atoms with Gasteiger partial charge >= 0.3 is 6.18 Å². The van der Waals surface area contributed by atoms with E-state index < -0.39 is 17.8 Å². The first kappa shape index (κ1) is 20.2. The molecule has 1 aromatic heterocycles. The number of likely N-dealkylation sites (N-methyl/N-ethyl adjacent to an activating group) is 1. The molecule has 27 heavy (non-hydrogen) atoms. The first-order chi connectivity index (χ1) is 12.6. The van der Waals surface area contributed by atoms with Crippen molar-refractivity contribution in [3.05, 3.63) is 59.2 Å². The number of amides is 1. The topological polar surface area (TPSA) is 75.6 Å². The van der Waals surface area contributed by atoms with Gasteiger partial charge in [-0.1, -0.05) is 24.3 Å². The van der Waals surface area contributed by atoms with Crippen LogP contribution >= 0.6 is 0 Å². The maximum atomic E-state index is 12.9. The third-order valence-corrected chi connectivity index (χ3v) is 3.55. The van der Waals surface area contributed by atoms with E-state index >= 15 is 0 Å². The van der Waals surface area contributed by atoms with E-state index in [9.17, 15) is 23.1 Å². The quantitative estimate of drug-likeness (QED) is 0.635. The molecule has 9 heteroatoms.